The number of para-hydroxylation sites is 1. The molecule has 0 aromatic heterocycles. The highest BCUT2D eigenvalue weighted by Gasteiger charge is 2.11. The second kappa shape index (κ2) is 8.28. The molecule has 20 heavy (non-hydrogen) atoms. The summed E-state index contributed by atoms with van der Waals surface area (Å²) in [5, 5.41) is 19.0. The van der Waals surface area contributed by atoms with Crippen LogP contribution in [0.5, 0.6) is 5.75 Å². The third kappa shape index (κ3) is 9.06. The van der Waals surface area contributed by atoms with Gasteiger partial charge < -0.3 is 25.7 Å². The van der Waals surface area contributed by atoms with E-state index in [-0.39, 0.29) is 11.3 Å². The highest BCUT2D eigenvalue weighted by Crippen LogP contribution is 2.31. The Bertz CT molecular complexity index is 514. The third-order valence-electron chi connectivity index (χ3n) is 1.76. The summed E-state index contributed by atoms with van der Waals surface area (Å²) < 4.78 is 10.1. The fourth-order valence-corrected chi connectivity index (χ4v) is 1.39. The van der Waals surface area contributed by atoms with Gasteiger partial charge in [-0.15, -0.1) is 0 Å². The molecule has 7 N–H and O–H groups in total. The Hall–Kier alpha value is -1.93. The number of primary amides is 1. The van der Waals surface area contributed by atoms with E-state index in [1.54, 1.807) is 12.1 Å². The monoisotopic (exact) mass is 306 g/mol. The zero-order chi connectivity index (χ0) is 15.8. The van der Waals surface area contributed by atoms with Crippen molar-refractivity contribution in [2.75, 3.05) is 12.8 Å². The Balaban J connectivity index is 0.000000361. The molecular weight excluding hydrogens is 291 g/mol. The van der Waals surface area contributed by atoms with Crippen LogP contribution >= 0.6 is 7.60 Å². The fraction of sp³-hybridized carbons (Fsp3) is 0.200. The summed E-state index contributed by atoms with van der Waals surface area (Å²) in [5.41, 5.74) is 5.07. The lowest BCUT2D eigenvalue weighted by atomic mass is 10.2. The van der Waals surface area contributed by atoms with Crippen LogP contribution in [0.3, 0.4) is 0 Å². The van der Waals surface area contributed by atoms with E-state index in [9.17, 15) is 14.2 Å². The highest BCUT2D eigenvalue weighted by molar-refractivity contribution is 7.51. The zero-order valence-corrected chi connectivity index (χ0v) is 11.2. The summed E-state index contributed by atoms with van der Waals surface area (Å²) >= 11 is 0. The van der Waals surface area contributed by atoms with E-state index < -0.39 is 32.3 Å². The van der Waals surface area contributed by atoms with Crippen LogP contribution in [0.2, 0.25) is 0 Å². The van der Waals surface area contributed by atoms with Crippen molar-refractivity contribution in [3.63, 3.8) is 0 Å². The van der Waals surface area contributed by atoms with Gasteiger partial charge in [-0.2, -0.15) is 0 Å². The summed E-state index contributed by atoms with van der Waals surface area (Å²) in [5.74, 6) is -1.83. The molecule has 0 aliphatic rings. The largest absolute Gasteiger partial charge is 0.507 e. The van der Waals surface area contributed by atoms with E-state index in [0.717, 1.165) is 0 Å². The molecule has 0 aliphatic carbocycles. The van der Waals surface area contributed by atoms with Gasteiger partial charge in [0, 0.05) is 0 Å². The SMILES string of the molecule is NC(=O)c1ccccc1O.O=C(O)CNCP(=O)(O)O. The molecule has 1 rings (SSSR count). The summed E-state index contributed by atoms with van der Waals surface area (Å²) in [6, 6.07) is 6.15. The predicted molar refractivity (Wildman–Crippen MR) is 69.2 cm³/mol. The molecule has 0 fully saturated rings. The van der Waals surface area contributed by atoms with Gasteiger partial charge in [0.15, 0.2) is 0 Å². The van der Waals surface area contributed by atoms with Crippen molar-refractivity contribution in [2.24, 2.45) is 5.73 Å². The predicted octanol–water partition coefficient (Wildman–Crippen LogP) is -0.713. The molecule has 1 aromatic rings. The van der Waals surface area contributed by atoms with Gasteiger partial charge in [0.05, 0.1) is 18.4 Å². The van der Waals surface area contributed by atoms with Crippen molar-refractivity contribution >= 4 is 19.5 Å². The number of nitrogens with one attached hydrogen (secondary N) is 1. The Morgan fingerprint density at radius 3 is 2.15 bits per heavy atom. The van der Waals surface area contributed by atoms with Crippen molar-refractivity contribution < 1.29 is 34.2 Å². The Kier molecular flexibility index (Phi) is 7.48. The Labute approximate surface area is 114 Å². The number of phenols is 1. The number of carboxylic acid groups (broad SMARTS) is 1. The number of aromatic hydroxyl groups is 1. The molecule has 0 aliphatic heterocycles. The van der Waals surface area contributed by atoms with Crippen molar-refractivity contribution in [2.45, 2.75) is 0 Å². The first-order valence-electron chi connectivity index (χ1n) is 5.18. The lowest BCUT2D eigenvalue weighted by molar-refractivity contribution is -0.135. The zero-order valence-electron chi connectivity index (χ0n) is 10.3. The summed E-state index contributed by atoms with van der Waals surface area (Å²) in [7, 11) is -4.10. The number of carbonyl (C=O) groups is 2. The van der Waals surface area contributed by atoms with E-state index in [2.05, 4.69) is 5.32 Å². The number of nitrogens with two attached hydrogens (primary N) is 1. The van der Waals surface area contributed by atoms with Crippen molar-refractivity contribution in [3.05, 3.63) is 29.8 Å². The average Bonchev–Trinajstić information content (AvgIpc) is 2.27. The van der Waals surface area contributed by atoms with Crippen molar-refractivity contribution in [3.8, 4) is 5.75 Å². The maximum Gasteiger partial charge on any atom is 0.339 e. The molecule has 112 valence electrons. The number of carbonyl (C=O) groups excluding carboxylic acids is 1. The van der Waals surface area contributed by atoms with E-state index in [4.69, 9.17) is 25.7 Å². The molecule has 9 nitrogen and oxygen atoms in total. The number of rotatable bonds is 5. The topological polar surface area (TPSA) is 170 Å². The van der Waals surface area contributed by atoms with Crippen LogP contribution in [0.15, 0.2) is 24.3 Å². The van der Waals surface area contributed by atoms with Crippen LogP contribution in [0.1, 0.15) is 10.4 Å². The Morgan fingerprint density at radius 2 is 1.80 bits per heavy atom. The number of amides is 1. The first-order valence-corrected chi connectivity index (χ1v) is 6.98. The van der Waals surface area contributed by atoms with Gasteiger partial charge >= 0.3 is 13.6 Å². The van der Waals surface area contributed by atoms with Gasteiger partial charge in [-0.3, -0.25) is 19.5 Å². The molecule has 10 heteroatoms. The van der Waals surface area contributed by atoms with Crippen LogP contribution in [0.25, 0.3) is 0 Å². The lowest BCUT2D eigenvalue weighted by Gasteiger charge is -2.02. The summed E-state index contributed by atoms with van der Waals surface area (Å²) in [6.45, 7) is -0.439. The van der Waals surface area contributed by atoms with E-state index in [0.29, 0.717) is 0 Å². The number of benzene rings is 1. The molecule has 0 spiro atoms. The number of carboxylic acids is 1. The quantitative estimate of drug-likeness (QED) is 0.387. The van der Waals surface area contributed by atoms with E-state index >= 15 is 0 Å². The Morgan fingerprint density at radius 1 is 1.25 bits per heavy atom. The molecule has 0 saturated heterocycles. The highest BCUT2D eigenvalue weighted by atomic mass is 31.2. The molecular formula is C10H15N2O7P. The molecule has 0 unspecified atom stereocenters. The number of aliphatic carboxylic acids is 1. The fourth-order valence-electron chi connectivity index (χ4n) is 0.990. The lowest BCUT2D eigenvalue weighted by Crippen LogP contribution is -2.23. The average molecular weight is 306 g/mol. The summed E-state index contributed by atoms with van der Waals surface area (Å²) in [6.07, 6.45) is -0.598. The summed E-state index contributed by atoms with van der Waals surface area (Å²) in [4.78, 5) is 36.6. The van der Waals surface area contributed by atoms with Crippen molar-refractivity contribution in [1.29, 1.82) is 0 Å². The second-order valence-electron chi connectivity index (χ2n) is 3.52. The first-order chi connectivity index (χ1) is 9.13. The van der Waals surface area contributed by atoms with Crippen LogP contribution in [-0.4, -0.2) is 44.7 Å². The molecule has 0 radical (unpaired) electrons. The van der Waals surface area contributed by atoms with Crippen LogP contribution in [-0.2, 0) is 9.36 Å². The van der Waals surface area contributed by atoms with Gasteiger partial charge in [-0.25, -0.2) is 0 Å². The van der Waals surface area contributed by atoms with Gasteiger partial charge in [0.2, 0.25) is 0 Å². The normalized spacial score (nSPS) is 10.3. The third-order valence-corrected chi connectivity index (χ3v) is 2.40. The van der Waals surface area contributed by atoms with Crippen LogP contribution in [0, 0.1) is 0 Å². The van der Waals surface area contributed by atoms with Gasteiger partial charge in [-0.1, -0.05) is 12.1 Å². The molecule has 1 aromatic carbocycles. The van der Waals surface area contributed by atoms with E-state index in [1.165, 1.54) is 12.1 Å². The van der Waals surface area contributed by atoms with Gasteiger partial charge in [0.25, 0.3) is 5.91 Å². The minimum Gasteiger partial charge on any atom is -0.507 e. The number of hydrogen-bond donors (Lipinski definition) is 6. The second-order valence-corrected chi connectivity index (χ2v) is 5.17. The first kappa shape index (κ1) is 18.1. The molecule has 0 atom stereocenters. The van der Waals surface area contributed by atoms with Gasteiger partial charge in [0.1, 0.15) is 5.75 Å². The molecule has 0 bridgehead atoms. The molecule has 0 saturated carbocycles. The van der Waals surface area contributed by atoms with E-state index in [1.807, 2.05) is 0 Å². The maximum absolute atomic E-state index is 10.5. The smallest absolute Gasteiger partial charge is 0.339 e. The standard InChI is InChI=1S/C7H7NO2.C3H8NO5P/c8-7(10)5-3-1-2-4-6(5)9;5-3(6)1-4-2-10(7,8)9/h1-4,9H,(H2,8,10);4H,1-2H2,(H,5,6)(H2,7,8,9). The molecule has 0 heterocycles. The maximum atomic E-state index is 10.5. The minimum atomic E-state index is -4.10. The minimum absolute atomic E-state index is 0.0741. The number of hydrogen-bond acceptors (Lipinski definition) is 5. The van der Waals surface area contributed by atoms with Crippen molar-refractivity contribution in [1.82, 2.24) is 5.32 Å². The van der Waals surface area contributed by atoms with Gasteiger partial charge in [-0.05, 0) is 12.1 Å². The van der Waals surface area contributed by atoms with Crippen LogP contribution in [0.4, 0.5) is 0 Å². The van der Waals surface area contributed by atoms with Crippen LogP contribution < -0.4 is 11.1 Å². The molecule has 1 amide bonds.